The Bertz CT molecular complexity index is 701. The molecule has 25 heavy (non-hydrogen) atoms. The fraction of sp³-hybridized carbons (Fsp3) is 0.619. The smallest absolute Gasteiger partial charge is 0.270 e. The van der Waals surface area contributed by atoms with Gasteiger partial charge in [0.05, 0.1) is 0 Å². The molecular formula is C21H30N2O2. The van der Waals surface area contributed by atoms with Crippen LogP contribution in [0.25, 0.3) is 0 Å². The standard InChI is InChI=1S/C21H30N2O2/c1-4-9-17-18(16(3)24)15(2)22-19(17)20(25)23-13-8-12-21(14-23)10-6-5-7-11-21/h5-6,22H,4,7-14H2,1-3H3/t21-/m1/s1. The molecule has 136 valence electrons. The molecule has 2 heterocycles. The Morgan fingerprint density at radius 3 is 2.72 bits per heavy atom. The average molecular weight is 342 g/mol. The number of nitrogens with zero attached hydrogens (tertiary/aromatic N) is 1. The normalized spacial score (nSPS) is 23.2. The second-order valence-corrected chi connectivity index (χ2v) is 7.83. The van der Waals surface area contributed by atoms with Crippen LogP contribution in [-0.2, 0) is 6.42 Å². The first-order valence-corrected chi connectivity index (χ1v) is 9.64. The second kappa shape index (κ2) is 7.19. The van der Waals surface area contributed by atoms with Gasteiger partial charge in [-0.3, -0.25) is 9.59 Å². The van der Waals surface area contributed by atoms with Crippen LogP contribution in [-0.4, -0.2) is 34.7 Å². The first-order chi connectivity index (χ1) is 12.0. The van der Waals surface area contributed by atoms with Crippen molar-refractivity contribution < 1.29 is 9.59 Å². The number of hydrogen-bond acceptors (Lipinski definition) is 2. The SMILES string of the molecule is CCCc1c(C(=O)N2CCC[C@]3(CC=CCC3)C2)[nH]c(C)c1C(C)=O. The van der Waals surface area contributed by atoms with Gasteiger partial charge in [-0.25, -0.2) is 0 Å². The number of carbonyl (C=O) groups excluding carboxylic acids is 2. The summed E-state index contributed by atoms with van der Waals surface area (Å²) in [5.74, 6) is 0.122. The van der Waals surface area contributed by atoms with E-state index in [1.165, 1.54) is 12.8 Å². The van der Waals surface area contributed by atoms with Crippen molar-refractivity contribution in [3.63, 3.8) is 0 Å². The van der Waals surface area contributed by atoms with Gasteiger partial charge in [-0.2, -0.15) is 0 Å². The fourth-order valence-electron chi connectivity index (χ4n) is 4.69. The van der Waals surface area contributed by atoms with E-state index >= 15 is 0 Å². The molecule has 4 nitrogen and oxygen atoms in total. The molecule has 1 fully saturated rings. The number of H-pyrrole nitrogens is 1. The van der Waals surface area contributed by atoms with Gasteiger partial charge in [0.1, 0.15) is 5.69 Å². The topological polar surface area (TPSA) is 53.2 Å². The number of amides is 1. The number of likely N-dealkylation sites (tertiary alicyclic amines) is 1. The van der Waals surface area contributed by atoms with Gasteiger partial charge in [0.15, 0.2) is 5.78 Å². The van der Waals surface area contributed by atoms with E-state index in [-0.39, 0.29) is 17.1 Å². The molecule has 1 amide bonds. The molecule has 0 aromatic carbocycles. The molecule has 1 spiro atoms. The third-order valence-corrected chi connectivity index (χ3v) is 5.86. The second-order valence-electron chi connectivity index (χ2n) is 7.83. The van der Waals surface area contributed by atoms with Crippen molar-refractivity contribution in [3.8, 4) is 0 Å². The van der Waals surface area contributed by atoms with Crippen LogP contribution in [0, 0.1) is 12.3 Å². The highest BCUT2D eigenvalue weighted by atomic mass is 16.2. The van der Waals surface area contributed by atoms with Gasteiger partial charge in [-0.15, -0.1) is 0 Å². The van der Waals surface area contributed by atoms with E-state index in [1.807, 2.05) is 11.8 Å². The van der Waals surface area contributed by atoms with Gasteiger partial charge in [-0.1, -0.05) is 25.5 Å². The maximum atomic E-state index is 13.3. The van der Waals surface area contributed by atoms with Crippen molar-refractivity contribution >= 4 is 11.7 Å². The molecule has 0 radical (unpaired) electrons. The first-order valence-electron chi connectivity index (χ1n) is 9.64. The number of nitrogens with one attached hydrogen (secondary N) is 1. The summed E-state index contributed by atoms with van der Waals surface area (Å²) in [5, 5.41) is 0. The monoisotopic (exact) mass is 342 g/mol. The summed E-state index contributed by atoms with van der Waals surface area (Å²) in [6.45, 7) is 7.24. The summed E-state index contributed by atoms with van der Waals surface area (Å²) in [5.41, 5.74) is 3.37. The van der Waals surface area contributed by atoms with Crippen molar-refractivity contribution in [1.29, 1.82) is 0 Å². The Kier molecular flexibility index (Phi) is 5.16. The van der Waals surface area contributed by atoms with Crippen LogP contribution in [0.4, 0.5) is 0 Å². The molecule has 1 aromatic rings. The Morgan fingerprint density at radius 1 is 1.28 bits per heavy atom. The molecule has 1 aromatic heterocycles. The fourth-order valence-corrected chi connectivity index (χ4v) is 4.69. The molecule has 0 unspecified atom stereocenters. The van der Waals surface area contributed by atoms with Crippen LogP contribution < -0.4 is 0 Å². The lowest BCUT2D eigenvalue weighted by Crippen LogP contribution is -2.46. The summed E-state index contributed by atoms with van der Waals surface area (Å²) in [6, 6.07) is 0. The molecule has 1 saturated heterocycles. The highest BCUT2D eigenvalue weighted by molar-refractivity contribution is 6.02. The minimum absolute atomic E-state index is 0.0452. The summed E-state index contributed by atoms with van der Waals surface area (Å²) in [4.78, 5) is 30.6. The maximum absolute atomic E-state index is 13.3. The van der Waals surface area contributed by atoms with Crippen LogP contribution in [0.3, 0.4) is 0 Å². The van der Waals surface area contributed by atoms with Gasteiger partial charge < -0.3 is 9.88 Å². The van der Waals surface area contributed by atoms with Gasteiger partial charge in [0, 0.05) is 24.3 Å². The lowest BCUT2D eigenvalue weighted by molar-refractivity contribution is 0.0478. The number of hydrogen-bond donors (Lipinski definition) is 1. The summed E-state index contributed by atoms with van der Waals surface area (Å²) >= 11 is 0. The van der Waals surface area contributed by atoms with Crippen molar-refractivity contribution in [3.05, 3.63) is 34.7 Å². The van der Waals surface area contributed by atoms with E-state index < -0.39 is 0 Å². The van der Waals surface area contributed by atoms with Gasteiger partial charge in [0.25, 0.3) is 5.91 Å². The van der Waals surface area contributed by atoms with Gasteiger partial charge >= 0.3 is 0 Å². The number of piperidine rings is 1. The van der Waals surface area contributed by atoms with Gasteiger partial charge in [-0.05, 0) is 63.4 Å². The van der Waals surface area contributed by atoms with Crippen molar-refractivity contribution in [2.45, 2.75) is 65.7 Å². The minimum atomic E-state index is 0.0452. The molecule has 1 aliphatic carbocycles. The number of Topliss-reactive ketones (excluding diaryl/α,β-unsaturated/α-hetero) is 1. The van der Waals surface area contributed by atoms with Crippen LogP contribution in [0.5, 0.6) is 0 Å². The molecule has 1 atom stereocenters. The first kappa shape index (κ1) is 18.0. The zero-order valence-corrected chi connectivity index (χ0v) is 15.8. The molecular weight excluding hydrogens is 312 g/mol. The predicted molar refractivity (Wildman–Crippen MR) is 100 cm³/mol. The van der Waals surface area contributed by atoms with Crippen LogP contribution in [0.15, 0.2) is 12.2 Å². The molecule has 3 rings (SSSR count). The van der Waals surface area contributed by atoms with E-state index in [0.717, 1.165) is 62.0 Å². The van der Waals surface area contributed by atoms with Crippen molar-refractivity contribution in [2.24, 2.45) is 5.41 Å². The van der Waals surface area contributed by atoms with E-state index in [9.17, 15) is 9.59 Å². The molecule has 0 saturated carbocycles. The molecule has 1 aliphatic heterocycles. The quantitative estimate of drug-likeness (QED) is 0.649. The molecule has 1 N–H and O–H groups in total. The minimum Gasteiger partial charge on any atom is -0.354 e. The van der Waals surface area contributed by atoms with Crippen LogP contribution >= 0.6 is 0 Å². The summed E-state index contributed by atoms with van der Waals surface area (Å²) < 4.78 is 0. The Hall–Kier alpha value is -1.84. The zero-order valence-electron chi connectivity index (χ0n) is 15.8. The maximum Gasteiger partial charge on any atom is 0.270 e. The van der Waals surface area contributed by atoms with Crippen LogP contribution in [0.2, 0.25) is 0 Å². The summed E-state index contributed by atoms with van der Waals surface area (Å²) in [6.07, 6.45) is 11.9. The predicted octanol–water partition coefficient (Wildman–Crippen LogP) is 4.44. The van der Waals surface area contributed by atoms with Crippen molar-refractivity contribution in [1.82, 2.24) is 9.88 Å². The third kappa shape index (κ3) is 3.44. The van der Waals surface area contributed by atoms with E-state index in [2.05, 4.69) is 24.1 Å². The number of ketones is 1. The largest absolute Gasteiger partial charge is 0.354 e. The van der Waals surface area contributed by atoms with E-state index in [1.54, 1.807) is 6.92 Å². The van der Waals surface area contributed by atoms with Crippen LogP contribution in [0.1, 0.15) is 84.5 Å². The Balaban J connectivity index is 1.89. The third-order valence-electron chi connectivity index (χ3n) is 5.86. The molecule has 0 bridgehead atoms. The molecule has 4 heteroatoms. The Labute approximate surface area is 150 Å². The lowest BCUT2D eigenvalue weighted by atomic mass is 9.71. The Morgan fingerprint density at radius 2 is 2.08 bits per heavy atom. The number of aromatic nitrogens is 1. The number of allylic oxidation sites excluding steroid dienone is 2. The molecule has 2 aliphatic rings. The zero-order chi connectivity index (χ0) is 18.0. The lowest BCUT2D eigenvalue weighted by Gasteiger charge is -2.43. The highest BCUT2D eigenvalue weighted by Crippen LogP contribution is 2.41. The average Bonchev–Trinajstić information content (AvgIpc) is 2.91. The number of rotatable bonds is 4. The van der Waals surface area contributed by atoms with E-state index in [4.69, 9.17) is 0 Å². The van der Waals surface area contributed by atoms with Gasteiger partial charge in [0.2, 0.25) is 0 Å². The van der Waals surface area contributed by atoms with Crippen molar-refractivity contribution in [2.75, 3.05) is 13.1 Å². The summed E-state index contributed by atoms with van der Waals surface area (Å²) in [7, 11) is 0. The number of carbonyl (C=O) groups is 2. The number of aryl methyl sites for hydroxylation is 1. The number of aromatic amines is 1. The highest BCUT2D eigenvalue weighted by Gasteiger charge is 2.38. The van der Waals surface area contributed by atoms with E-state index in [0.29, 0.717) is 5.69 Å².